The largest absolute Gasteiger partial charge is 0.497 e. The number of nitro groups is 1. The van der Waals surface area contributed by atoms with E-state index < -0.39 is 10.8 Å². The number of benzene rings is 3. The van der Waals surface area contributed by atoms with E-state index in [0.717, 1.165) is 33.2 Å². The molecule has 0 spiro atoms. The van der Waals surface area contributed by atoms with Crippen molar-refractivity contribution in [2.24, 2.45) is 12.0 Å². The van der Waals surface area contributed by atoms with Crippen LogP contribution in [-0.2, 0) is 7.05 Å². The highest BCUT2D eigenvalue weighted by Crippen LogP contribution is 2.35. The molecule has 4 rings (SSSR count). The van der Waals surface area contributed by atoms with E-state index >= 15 is 0 Å². The normalized spacial score (nSPS) is 11.3. The number of carbonyl (C=O) groups excluding carboxylic acids is 1. The van der Waals surface area contributed by atoms with Gasteiger partial charge in [0, 0.05) is 24.7 Å². The van der Waals surface area contributed by atoms with E-state index in [1.54, 1.807) is 14.2 Å². The van der Waals surface area contributed by atoms with Gasteiger partial charge in [-0.2, -0.15) is 4.99 Å². The summed E-state index contributed by atoms with van der Waals surface area (Å²) in [6, 6.07) is 20.8. The molecule has 0 unspecified atom stereocenters. The average molecular weight is 476 g/mol. The Morgan fingerprint density at radius 3 is 2.09 bits per heavy atom. The molecule has 0 aliphatic carbocycles. The van der Waals surface area contributed by atoms with Crippen LogP contribution in [0, 0.1) is 10.1 Å². The second-order valence-corrected chi connectivity index (χ2v) is 8.28. The van der Waals surface area contributed by atoms with Gasteiger partial charge in [0.1, 0.15) is 11.5 Å². The van der Waals surface area contributed by atoms with Gasteiger partial charge in [-0.1, -0.05) is 17.4 Å². The first-order valence-electron chi connectivity index (χ1n) is 10.2. The molecular weight excluding hydrogens is 454 g/mol. The minimum atomic E-state index is -0.553. The van der Waals surface area contributed by atoms with Crippen LogP contribution in [0.25, 0.3) is 21.7 Å². The van der Waals surface area contributed by atoms with E-state index in [1.807, 2.05) is 60.1 Å². The number of aromatic nitrogens is 1. The topological polar surface area (TPSA) is 96.0 Å². The second kappa shape index (κ2) is 9.72. The van der Waals surface area contributed by atoms with Crippen LogP contribution >= 0.6 is 11.3 Å². The number of hydrogen-bond acceptors (Lipinski definition) is 6. The summed E-state index contributed by atoms with van der Waals surface area (Å²) in [6.07, 6.45) is 0. The Morgan fingerprint density at radius 1 is 0.941 bits per heavy atom. The van der Waals surface area contributed by atoms with Gasteiger partial charge in [-0.3, -0.25) is 14.9 Å². The highest BCUT2D eigenvalue weighted by Gasteiger charge is 2.17. The summed E-state index contributed by atoms with van der Waals surface area (Å²) in [4.78, 5) is 29.1. The number of nitro benzene ring substituents is 1. The smallest absolute Gasteiger partial charge is 0.279 e. The summed E-state index contributed by atoms with van der Waals surface area (Å²) < 4.78 is 12.4. The number of thiazole rings is 1. The van der Waals surface area contributed by atoms with Crippen LogP contribution in [0.3, 0.4) is 0 Å². The standard InChI is InChI=1S/C25H21N3O5S/c1-27-22(16-7-11-20(32-2)12-8-16)23(17-9-13-21(33-3)14-10-17)34-25(27)26-24(29)18-5-4-6-19(15-18)28(30)31/h4-15H,1-3H3. The monoisotopic (exact) mass is 475 g/mol. The molecule has 34 heavy (non-hydrogen) atoms. The van der Waals surface area contributed by atoms with Crippen molar-refractivity contribution in [1.82, 2.24) is 4.57 Å². The van der Waals surface area contributed by atoms with Gasteiger partial charge in [0.25, 0.3) is 11.6 Å². The molecule has 8 nitrogen and oxygen atoms in total. The molecular formula is C25H21N3O5S. The van der Waals surface area contributed by atoms with Crippen LogP contribution in [-0.4, -0.2) is 29.6 Å². The van der Waals surface area contributed by atoms with Gasteiger partial charge in [0.05, 0.1) is 29.7 Å². The number of nitrogens with zero attached hydrogens (tertiary/aromatic N) is 3. The lowest BCUT2D eigenvalue weighted by molar-refractivity contribution is -0.384. The first kappa shape index (κ1) is 22.9. The molecule has 0 aliphatic rings. The van der Waals surface area contributed by atoms with Crippen molar-refractivity contribution in [2.45, 2.75) is 0 Å². The van der Waals surface area contributed by atoms with Crippen LogP contribution in [0.5, 0.6) is 11.5 Å². The van der Waals surface area contributed by atoms with E-state index in [-0.39, 0.29) is 11.3 Å². The third-order valence-electron chi connectivity index (χ3n) is 5.25. The molecule has 1 amide bonds. The summed E-state index contributed by atoms with van der Waals surface area (Å²) >= 11 is 1.36. The van der Waals surface area contributed by atoms with Gasteiger partial charge in [-0.15, -0.1) is 0 Å². The van der Waals surface area contributed by atoms with Crippen molar-refractivity contribution < 1.29 is 19.2 Å². The van der Waals surface area contributed by atoms with Crippen molar-refractivity contribution in [3.8, 4) is 33.2 Å². The van der Waals surface area contributed by atoms with E-state index in [2.05, 4.69) is 4.99 Å². The number of hydrogen-bond donors (Lipinski definition) is 0. The molecule has 9 heteroatoms. The molecule has 0 atom stereocenters. The van der Waals surface area contributed by atoms with Crippen LogP contribution in [0.15, 0.2) is 77.8 Å². The molecule has 1 heterocycles. The maximum atomic E-state index is 12.9. The third-order valence-corrected chi connectivity index (χ3v) is 6.43. The Labute approximate surface area is 199 Å². The fraction of sp³-hybridized carbons (Fsp3) is 0.120. The van der Waals surface area contributed by atoms with Gasteiger partial charge < -0.3 is 14.0 Å². The summed E-state index contributed by atoms with van der Waals surface area (Å²) in [5.41, 5.74) is 2.74. The fourth-order valence-corrected chi connectivity index (χ4v) is 4.61. The van der Waals surface area contributed by atoms with Crippen molar-refractivity contribution in [3.05, 3.63) is 93.3 Å². The van der Waals surface area contributed by atoms with E-state index in [0.29, 0.717) is 4.80 Å². The number of non-ortho nitro benzene ring substituents is 1. The predicted octanol–water partition coefficient (Wildman–Crippen LogP) is 5.09. The summed E-state index contributed by atoms with van der Waals surface area (Å²) in [7, 11) is 5.06. The molecule has 0 saturated carbocycles. The summed E-state index contributed by atoms with van der Waals surface area (Å²) in [5.74, 6) is 0.919. The number of rotatable bonds is 6. The van der Waals surface area contributed by atoms with Crippen LogP contribution in [0.2, 0.25) is 0 Å². The van der Waals surface area contributed by atoms with Crippen molar-refractivity contribution >= 4 is 22.9 Å². The fourth-order valence-electron chi connectivity index (χ4n) is 3.47. The quantitative estimate of drug-likeness (QED) is 0.286. The highest BCUT2D eigenvalue weighted by molar-refractivity contribution is 7.13. The third kappa shape index (κ3) is 4.60. The maximum absolute atomic E-state index is 12.9. The molecule has 1 aromatic heterocycles. The molecule has 0 aliphatic heterocycles. The Balaban J connectivity index is 1.86. The number of ether oxygens (including phenoxy) is 2. The summed E-state index contributed by atoms with van der Waals surface area (Å²) in [6.45, 7) is 0. The number of methoxy groups -OCH3 is 2. The van der Waals surface area contributed by atoms with Crippen molar-refractivity contribution in [3.63, 3.8) is 0 Å². The van der Waals surface area contributed by atoms with Gasteiger partial charge in [0.15, 0.2) is 4.80 Å². The molecule has 172 valence electrons. The van der Waals surface area contributed by atoms with E-state index in [4.69, 9.17) is 9.47 Å². The van der Waals surface area contributed by atoms with Gasteiger partial charge in [0.2, 0.25) is 0 Å². The number of carbonyl (C=O) groups is 1. The molecule has 0 fully saturated rings. The summed E-state index contributed by atoms with van der Waals surface area (Å²) in [5, 5.41) is 11.1. The van der Waals surface area contributed by atoms with E-state index in [1.165, 1.54) is 35.6 Å². The molecule has 4 aromatic rings. The maximum Gasteiger partial charge on any atom is 0.279 e. The van der Waals surface area contributed by atoms with Gasteiger partial charge in [-0.25, -0.2) is 0 Å². The lowest BCUT2D eigenvalue weighted by Gasteiger charge is -2.09. The molecule has 0 bridgehead atoms. The molecule has 0 N–H and O–H groups in total. The first-order chi connectivity index (χ1) is 16.4. The zero-order valence-electron chi connectivity index (χ0n) is 18.7. The minimum Gasteiger partial charge on any atom is -0.497 e. The van der Waals surface area contributed by atoms with Gasteiger partial charge >= 0.3 is 0 Å². The Morgan fingerprint density at radius 2 is 1.53 bits per heavy atom. The van der Waals surface area contributed by atoms with Crippen molar-refractivity contribution in [1.29, 1.82) is 0 Å². The minimum absolute atomic E-state index is 0.152. The molecule has 3 aromatic carbocycles. The van der Waals surface area contributed by atoms with Crippen LogP contribution < -0.4 is 14.3 Å². The zero-order chi connectivity index (χ0) is 24.2. The second-order valence-electron chi connectivity index (χ2n) is 7.30. The SMILES string of the molecule is COc1ccc(-c2sc(=NC(=O)c3cccc([N+](=O)[O-])c3)n(C)c2-c2ccc(OC)cc2)cc1. The molecule has 0 radical (unpaired) electrons. The predicted molar refractivity (Wildman–Crippen MR) is 130 cm³/mol. The Hall–Kier alpha value is -4.24. The highest BCUT2D eigenvalue weighted by atomic mass is 32.1. The number of amides is 1. The zero-order valence-corrected chi connectivity index (χ0v) is 19.5. The lowest BCUT2D eigenvalue weighted by Crippen LogP contribution is -2.14. The first-order valence-corrected chi connectivity index (χ1v) is 11.0. The van der Waals surface area contributed by atoms with Crippen LogP contribution in [0.4, 0.5) is 5.69 Å². The van der Waals surface area contributed by atoms with E-state index in [9.17, 15) is 14.9 Å². The van der Waals surface area contributed by atoms with Crippen LogP contribution in [0.1, 0.15) is 10.4 Å². The molecule has 0 saturated heterocycles. The lowest BCUT2D eigenvalue weighted by atomic mass is 10.1. The van der Waals surface area contributed by atoms with Gasteiger partial charge in [-0.05, 0) is 65.7 Å². The average Bonchev–Trinajstić information content (AvgIpc) is 3.19. The Kier molecular flexibility index (Phi) is 6.55. The Bertz CT molecular complexity index is 1420. The van der Waals surface area contributed by atoms with Crippen molar-refractivity contribution in [2.75, 3.05) is 14.2 Å².